The third kappa shape index (κ3) is 6.43. The molecule has 0 unspecified atom stereocenters. The van der Waals surface area contributed by atoms with E-state index in [2.05, 4.69) is 30.9 Å². The molecule has 0 fully saturated rings. The van der Waals surface area contributed by atoms with Crippen molar-refractivity contribution in [2.45, 2.75) is 13.3 Å². The smallest absolute Gasteiger partial charge is 0.406 e. The van der Waals surface area contributed by atoms with Crippen LogP contribution >= 0.6 is 0 Å². The predicted molar refractivity (Wildman–Crippen MR) is 131 cm³/mol. The number of carbonyl (C=O) groups is 2. The number of anilines is 3. The van der Waals surface area contributed by atoms with Gasteiger partial charge >= 0.3 is 6.36 Å². The molecule has 0 aliphatic rings. The highest BCUT2D eigenvalue weighted by molar-refractivity contribution is 6.05. The van der Waals surface area contributed by atoms with Gasteiger partial charge in [-0.25, -0.2) is 5.43 Å². The number of nitrogens with zero attached hydrogens (tertiary/aromatic N) is 3. The van der Waals surface area contributed by atoms with Gasteiger partial charge in [-0.1, -0.05) is 18.2 Å². The van der Waals surface area contributed by atoms with Gasteiger partial charge in [0.2, 0.25) is 5.95 Å². The van der Waals surface area contributed by atoms with Gasteiger partial charge in [-0.05, 0) is 67.1 Å². The van der Waals surface area contributed by atoms with Crippen LogP contribution in [0.2, 0.25) is 0 Å². The highest BCUT2D eigenvalue weighted by Crippen LogP contribution is 2.25. The molecular formula is C24H22F3N8O3+. The number of quaternary nitrogens is 1. The van der Waals surface area contributed by atoms with Gasteiger partial charge in [0.1, 0.15) is 5.75 Å². The van der Waals surface area contributed by atoms with Gasteiger partial charge in [-0.3, -0.25) is 20.2 Å². The van der Waals surface area contributed by atoms with E-state index in [1.165, 1.54) is 22.3 Å². The van der Waals surface area contributed by atoms with Crippen molar-refractivity contribution in [2.24, 2.45) is 5.84 Å². The maximum absolute atomic E-state index is 12.9. The normalized spacial score (nSPS) is 11.1. The fraction of sp³-hybridized carbons (Fsp3) is 0.0833. The number of hydrogen-bond acceptors (Lipinski definition) is 7. The molecule has 0 spiro atoms. The minimum absolute atomic E-state index is 0.0860. The van der Waals surface area contributed by atoms with Gasteiger partial charge in [0.05, 0.1) is 11.4 Å². The molecule has 0 aliphatic heterocycles. The molecule has 7 N–H and O–H groups in total. The van der Waals surface area contributed by atoms with E-state index >= 15 is 0 Å². The summed E-state index contributed by atoms with van der Waals surface area (Å²) in [5.41, 5.74) is 6.34. The van der Waals surface area contributed by atoms with Crippen molar-refractivity contribution in [3.63, 3.8) is 0 Å². The van der Waals surface area contributed by atoms with Crippen molar-refractivity contribution in [2.75, 3.05) is 16.1 Å². The summed E-state index contributed by atoms with van der Waals surface area (Å²) in [7, 11) is 0. The molecule has 38 heavy (non-hydrogen) atoms. The zero-order valence-corrected chi connectivity index (χ0v) is 19.8. The maximum Gasteiger partial charge on any atom is 0.573 e. The molecule has 11 nitrogen and oxygen atoms in total. The number of halogens is 3. The second kappa shape index (κ2) is 11.0. The number of nitrogens with one attached hydrogen (secondary N) is 3. The zero-order chi connectivity index (χ0) is 27.3. The van der Waals surface area contributed by atoms with Gasteiger partial charge in [-0.2, -0.15) is 21.0 Å². The van der Waals surface area contributed by atoms with Gasteiger partial charge < -0.3 is 4.74 Å². The van der Waals surface area contributed by atoms with Crippen LogP contribution in [0.3, 0.4) is 0 Å². The van der Waals surface area contributed by atoms with Crippen molar-refractivity contribution in [3.05, 3.63) is 89.5 Å². The van der Waals surface area contributed by atoms with Crippen LogP contribution in [0, 0.1) is 6.92 Å². The summed E-state index contributed by atoms with van der Waals surface area (Å²) < 4.78 is 42.7. The van der Waals surface area contributed by atoms with E-state index in [4.69, 9.17) is 5.84 Å². The van der Waals surface area contributed by atoms with Crippen LogP contribution in [-0.2, 0) is 0 Å². The third-order valence-electron chi connectivity index (χ3n) is 5.16. The SMILES string of the molecule is Cc1ccccc1C(=O)Nc1nc(NC(=O)c2ccc(N[NH2+]N)cc2)n(-c2ccc(OC(F)(F)F)cc2)n1. The monoisotopic (exact) mass is 527 g/mol. The average molecular weight is 527 g/mol. The van der Waals surface area contributed by atoms with Crippen LogP contribution < -0.4 is 32.2 Å². The first-order valence-corrected chi connectivity index (χ1v) is 11.0. The number of ether oxygens (including phenoxy) is 1. The first kappa shape index (κ1) is 26.1. The van der Waals surface area contributed by atoms with Crippen LogP contribution in [0.4, 0.5) is 30.8 Å². The number of rotatable bonds is 8. The van der Waals surface area contributed by atoms with Crippen molar-refractivity contribution in [1.82, 2.24) is 14.8 Å². The van der Waals surface area contributed by atoms with E-state index in [-0.39, 0.29) is 23.1 Å². The summed E-state index contributed by atoms with van der Waals surface area (Å²) in [6.45, 7) is 1.77. The number of nitrogen functional groups attached to an aromatic ring is 1. The number of nitrogens with two attached hydrogens (primary N) is 2. The maximum atomic E-state index is 12.9. The minimum atomic E-state index is -4.85. The second-order valence-corrected chi connectivity index (χ2v) is 7.82. The molecule has 1 aromatic heterocycles. The van der Waals surface area contributed by atoms with Crippen LogP contribution in [0.5, 0.6) is 5.75 Å². The zero-order valence-electron chi connectivity index (χ0n) is 19.8. The van der Waals surface area contributed by atoms with Crippen LogP contribution in [0.25, 0.3) is 5.69 Å². The largest absolute Gasteiger partial charge is 0.573 e. The molecule has 0 atom stereocenters. The number of aromatic nitrogens is 3. The van der Waals surface area contributed by atoms with Crippen molar-refractivity contribution < 1.29 is 33.0 Å². The van der Waals surface area contributed by atoms with E-state index in [9.17, 15) is 22.8 Å². The predicted octanol–water partition coefficient (Wildman–Crippen LogP) is 2.74. The van der Waals surface area contributed by atoms with Gasteiger partial charge in [0.25, 0.3) is 17.8 Å². The fourth-order valence-corrected chi connectivity index (χ4v) is 3.40. The van der Waals surface area contributed by atoms with Crippen molar-refractivity contribution in [3.8, 4) is 11.4 Å². The molecule has 14 heteroatoms. The first-order chi connectivity index (χ1) is 18.1. The Kier molecular flexibility index (Phi) is 7.55. The van der Waals surface area contributed by atoms with Crippen molar-refractivity contribution >= 4 is 29.4 Å². The number of aryl methyl sites for hydroxylation is 1. The average Bonchev–Trinajstić information content (AvgIpc) is 3.26. The van der Waals surface area contributed by atoms with Crippen LogP contribution in [-0.4, -0.2) is 32.9 Å². The Bertz CT molecular complexity index is 1440. The summed E-state index contributed by atoms with van der Waals surface area (Å²) in [5.74, 6) is 3.64. The lowest BCUT2D eigenvalue weighted by molar-refractivity contribution is -0.638. The first-order valence-electron chi connectivity index (χ1n) is 11.0. The molecule has 0 saturated carbocycles. The Balaban J connectivity index is 1.63. The number of carbonyl (C=O) groups excluding carboxylic acids is 2. The summed E-state index contributed by atoms with van der Waals surface area (Å²) in [6.07, 6.45) is -4.85. The molecular weight excluding hydrogens is 505 g/mol. The summed E-state index contributed by atoms with van der Waals surface area (Å²) in [6, 6.07) is 18.0. The van der Waals surface area contributed by atoms with Crippen LogP contribution in [0.15, 0.2) is 72.8 Å². The summed E-state index contributed by atoms with van der Waals surface area (Å²) in [4.78, 5) is 29.9. The Morgan fingerprint density at radius 1 is 0.947 bits per heavy atom. The molecule has 196 valence electrons. The molecule has 4 aromatic rings. The standard InChI is InChI=1S/C24H21F3N8O3/c1-14-4-2-3-5-19(14)21(37)29-22-31-23(30-20(36)15-6-8-16(9-7-15)32-34-28)35(33-22)17-10-12-18(13-11-17)38-24(25,26)27/h2-13,32,34H,28H2,1H3,(H2,29,30,31,33,36,37)/p+1. The lowest BCUT2D eigenvalue weighted by Crippen LogP contribution is -2.95. The highest BCUT2D eigenvalue weighted by Gasteiger charge is 2.31. The minimum Gasteiger partial charge on any atom is -0.406 e. The molecule has 0 saturated heterocycles. The molecule has 0 aliphatic carbocycles. The van der Waals surface area contributed by atoms with Crippen molar-refractivity contribution in [1.29, 1.82) is 0 Å². The Labute approximate surface area is 213 Å². The van der Waals surface area contributed by atoms with E-state index in [0.717, 1.165) is 17.7 Å². The number of alkyl halides is 3. The summed E-state index contributed by atoms with van der Waals surface area (Å²) >= 11 is 0. The highest BCUT2D eigenvalue weighted by atomic mass is 19.4. The van der Waals surface area contributed by atoms with E-state index in [0.29, 0.717) is 11.3 Å². The molecule has 3 aromatic carbocycles. The van der Waals surface area contributed by atoms with E-state index in [1.54, 1.807) is 55.5 Å². The molecule has 2 amide bonds. The lowest BCUT2D eigenvalue weighted by atomic mass is 10.1. The Morgan fingerprint density at radius 3 is 2.26 bits per heavy atom. The summed E-state index contributed by atoms with van der Waals surface area (Å²) in [5, 5.41) is 9.42. The third-order valence-corrected chi connectivity index (χ3v) is 5.16. The molecule has 0 bridgehead atoms. The molecule has 4 rings (SSSR count). The second-order valence-electron chi connectivity index (χ2n) is 7.82. The quantitative estimate of drug-likeness (QED) is 0.174. The van der Waals surface area contributed by atoms with Gasteiger partial charge in [0, 0.05) is 11.1 Å². The van der Waals surface area contributed by atoms with E-state index in [1.807, 2.05) is 0 Å². The lowest BCUT2D eigenvalue weighted by Gasteiger charge is -2.10. The molecule has 0 radical (unpaired) electrons. The fourth-order valence-electron chi connectivity index (χ4n) is 3.40. The Hall–Kier alpha value is -4.95. The van der Waals surface area contributed by atoms with Gasteiger partial charge in [-0.15, -0.1) is 18.3 Å². The Morgan fingerprint density at radius 2 is 1.63 bits per heavy atom. The number of hydrogen-bond donors (Lipinski definition) is 5. The number of amides is 2. The van der Waals surface area contributed by atoms with E-state index < -0.39 is 23.9 Å². The topological polar surface area (TPSA) is 153 Å². The van der Waals surface area contributed by atoms with Gasteiger partial charge in [0.15, 0.2) is 0 Å². The van der Waals surface area contributed by atoms with Crippen LogP contribution in [0.1, 0.15) is 26.3 Å². The number of benzene rings is 3. The molecule has 1 heterocycles.